The zero-order valence-electron chi connectivity index (χ0n) is 10.9. The van der Waals surface area contributed by atoms with Gasteiger partial charge in [-0.15, -0.1) is 0 Å². The third-order valence-corrected chi connectivity index (χ3v) is 2.43. The number of allylic oxidation sites excluding steroid dienone is 2. The van der Waals surface area contributed by atoms with Crippen LogP contribution in [-0.2, 0) is 4.79 Å². The minimum atomic E-state index is -0.0688. The molecule has 3 nitrogen and oxygen atoms in total. The Morgan fingerprint density at radius 3 is 2.39 bits per heavy atom. The molecule has 1 aromatic rings. The van der Waals surface area contributed by atoms with Crippen LogP contribution in [0.1, 0.15) is 26.7 Å². The Bertz CT molecular complexity index is 444. The van der Waals surface area contributed by atoms with Gasteiger partial charge in [-0.2, -0.15) is 0 Å². The van der Waals surface area contributed by atoms with Crippen molar-refractivity contribution in [3.63, 3.8) is 0 Å². The Morgan fingerprint density at radius 1 is 1.17 bits per heavy atom. The van der Waals surface area contributed by atoms with Crippen LogP contribution in [0.4, 0.5) is 11.4 Å². The molecule has 0 radical (unpaired) electrons. The maximum absolute atomic E-state index is 11.8. The van der Waals surface area contributed by atoms with Gasteiger partial charge in [0, 0.05) is 16.9 Å². The topological polar surface area (TPSA) is 55.1 Å². The lowest BCUT2D eigenvalue weighted by Crippen LogP contribution is -2.14. The third-order valence-electron chi connectivity index (χ3n) is 2.43. The quantitative estimate of drug-likeness (QED) is 0.782. The molecule has 0 unspecified atom stereocenters. The molecule has 1 amide bonds. The second kappa shape index (κ2) is 7.33. The maximum atomic E-state index is 11.8. The third kappa shape index (κ3) is 4.09. The SMILES string of the molecule is CC.Nc1ccc(NC(=O)C2=CCCC=C2)cc1. The van der Waals surface area contributed by atoms with Crippen LogP contribution in [0.2, 0.25) is 0 Å². The van der Waals surface area contributed by atoms with E-state index in [9.17, 15) is 4.79 Å². The number of carbonyl (C=O) groups excluding carboxylic acids is 1. The van der Waals surface area contributed by atoms with Crippen molar-refractivity contribution in [3.05, 3.63) is 48.1 Å². The molecule has 1 aromatic carbocycles. The summed E-state index contributed by atoms with van der Waals surface area (Å²) < 4.78 is 0. The predicted molar refractivity (Wildman–Crippen MR) is 77.3 cm³/mol. The largest absolute Gasteiger partial charge is 0.399 e. The summed E-state index contributed by atoms with van der Waals surface area (Å²) in [4.78, 5) is 11.8. The number of anilines is 2. The van der Waals surface area contributed by atoms with Crippen LogP contribution in [0.5, 0.6) is 0 Å². The number of benzene rings is 1. The van der Waals surface area contributed by atoms with Gasteiger partial charge in [-0.1, -0.05) is 32.1 Å². The Morgan fingerprint density at radius 2 is 1.83 bits per heavy atom. The zero-order valence-corrected chi connectivity index (χ0v) is 10.9. The predicted octanol–water partition coefficient (Wildman–Crippen LogP) is 3.51. The molecule has 0 bridgehead atoms. The molecule has 0 saturated carbocycles. The van der Waals surface area contributed by atoms with E-state index in [1.165, 1.54) is 0 Å². The smallest absolute Gasteiger partial charge is 0.255 e. The van der Waals surface area contributed by atoms with E-state index in [1.807, 2.05) is 32.1 Å². The summed E-state index contributed by atoms with van der Waals surface area (Å²) in [5.74, 6) is -0.0688. The molecule has 96 valence electrons. The van der Waals surface area contributed by atoms with E-state index >= 15 is 0 Å². The van der Waals surface area contributed by atoms with Crippen molar-refractivity contribution in [3.8, 4) is 0 Å². The number of rotatable bonds is 2. The van der Waals surface area contributed by atoms with E-state index in [-0.39, 0.29) is 5.91 Å². The van der Waals surface area contributed by atoms with Gasteiger partial charge in [-0.3, -0.25) is 4.79 Å². The van der Waals surface area contributed by atoms with Crippen molar-refractivity contribution in [2.45, 2.75) is 26.7 Å². The highest BCUT2D eigenvalue weighted by molar-refractivity contribution is 6.05. The van der Waals surface area contributed by atoms with Gasteiger partial charge in [0.05, 0.1) is 0 Å². The van der Waals surface area contributed by atoms with E-state index in [0.717, 1.165) is 24.1 Å². The standard InChI is InChI=1S/C13H14N2O.C2H6/c14-11-6-8-12(9-7-11)15-13(16)10-4-2-1-3-5-10;1-2/h2,4-9H,1,3,14H2,(H,15,16);1-2H3. The molecular formula is C15H20N2O. The van der Waals surface area contributed by atoms with E-state index in [1.54, 1.807) is 24.3 Å². The van der Waals surface area contributed by atoms with Gasteiger partial charge in [-0.25, -0.2) is 0 Å². The molecule has 0 saturated heterocycles. The normalized spacial score (nSPS) is 13.1. The fourth-order valence-corrected chi connectivity index (χ4v) is 1.55. The Labute approximate surface area is 108 Å². The first-order chi connectivity index (χ1) is 8.75. The van der Waals surface area contributed by atoms with Crippen molar-refractivity contribution in [2.75, 3.05) is 11.1 Å². The summed E-state index contributed by atoms with van der Waals surface area (Å²) in [7, 11) is 0. The lowest BCUT2D eigenvalue weighted by Gasteiger charge is -2.08. The van der Waals surface area contributed by atoms with Crippen molar-refractivity contribution < 1.29 is 4.79 Å². The summed E-state index contributed by atoms with van der Waals surface area (Å²) in [6.45, 7) is 4.00. The summed E-state index contributed by atoms with van der Waals surface area (Å²) in [5.41, 5.74) is 7.74. The molecule has 0 spiro atoms. The molecule has 0 aliphatic heterocycles. The lowest BCUT2D eigenvalue weighted by molar-refractivity contribution is -0.112. The fourth-order valence-electron chi connectivity index (χ4n) is 1.55. The molecule has 1 aliphatic carbocycles. The van der Waals surface area contributed by atoms with Gasteiger partial charge < -0.3 is 11.1 Å². The summed E-state index contributed by atoms with van der Waals surface area (Å²) >= 11 is 0. The second-order valence-corrected chi connectivity index (χ2v) is 3.72. The average molecular weight is 244 g/mol. The number of hydrogen-bond acceptors (Lipinski definition) is 2. The van der Waals surface area contributed by atoms with Crippen molar-refractivity contribution >= 4 is 17.3 Å². The van der Waals surface area contributed by atoms with Crippen LogP contribution in [0.3, 0.4) is 0 Å². The first kappa shape index (κ1) is 14.0. The Balaban J connectivity index is 0.000000771. The van der Waals surface area contributed by atoms with Crippen LogP contribution in [-0.4, -0.2) is 5.91 Å². The van der Waals surface area contributed by atoms with Crippen LogP contribution >= 0.6 is 0 Å². The van der Waals surface area contributed by atoms with Gasteiger partial charge in [-0.05, 0) is 37.1 Å². The van der Waals surface area contributed by atoms with Gasteiger partial charge >= 0.3 is 0 Å². The number of hydrogen-bond donors (Lipinski definition) is 2. The summed E-state index contributed by atoms with van der Waals surface area (Å²) in [6, 6.07) is 7.11. The zero-order chi connectivity index (χ0) is 13.4. The molecule has 3 N–H and O–H groups in total. The minimum Gasteiger partial charge on any atom is -0.399 e. The van der Waals surface area contributed by atoms with E-state index < -0.39 is 0 Å². The number of nitrogen functional groups attached to an aromatic ring is 1. The van der Waals surface area contributed by atoms with Crippen molar-refractivity contribution in [1.82, 2.24) is 0 Å². The van der Waals surface area contributed by atoms with Crippen LogP contribution < -0.4 is 11.1 Å². The first-order valence-electron chi connectivity index (χ1n) is 6.29. The number of amides is 1. The minimum absolute atomic E-state index is 0.0688. The summed E-state index contributed by atoms with van der Waals surface area (Å²) in [5, 5.41) is 2.82. The highest BCUT2D eigenvalue weighted by Crippen LogP contribution is 2.14. The van der Waals surface area contributed by atoms with E-state index in [2.05, 4.69) is 5.32 Å². The van der Waals surface area contributed by atoms with Crippen LogP contribution in [0, 0.1) is 0 Å². The summed E-state index contributed by atoms with van der Waals surface area (Å²) in [6.07, 6.45) is 7.76. The highest BCUT2D eigenvalue weighted by Gasteiger charge is 2.08. The number of carbonyl (C=O) groups is 1. The molecule has 0 aromatic heterocycles. The Hall–Kier alpha value is -2.03. The molecule has 0 fully saturated rings. The molecular weight excluding hydrogens is 224 g/mol. The molecule has 0 atom stereocenters. The molecule has 3 heteroatoms. The van der Waals surface area contributed by atoms with Gasteiger partial charge in [0.25, 0.3) is 5.91 Å². The fraction of sp³-hybridized carbons (Fsp3) is 0.267. The van der Waals surface area contributed by atoms with Crippen LogP contribution in [0.25, 0.3) is 0 Å². The van der Waals surface area contributed by atoms with Crippen molar-refractivity contribution in [1.29, 1.82) is 0 Å². The van der Waals surface area contributed by atoms with E-state index in [0.29, 0.717) is 5.69 Å². The van der Waals surface area contributed by atoms with Crippen molar-refractivity contribution in [2.24, 2.45) is 0 Å². The van der Waals surface area contributed by atoms with Gasteiger partial charge in [0.15, 0.2) is 0 Å². The molecule has 1 aliphatic rings. The lowest BCUT2D eigenvalue weighted by atomic mass is 10.1. The van der Waals surface area contributed by atoms with Gasteiger partial charge in [0.1, 0.15) is 0 Å². The second-order valence-electron chi connectivity index (χ2n) is 3.72. The van der Waals surface area contributed by atoms with Gasteiger partial charge in [0.2, 0.25) is 0 Å². The molecule has 18 heavy (non-hydrogen) atoms. The first-order valence-corrected chi connectivity index (χ1v) is 6.29. The molecule has 2 rings (SSSR count). The maximum Gasteiger partial charge on any atom is 0.255 e. The number of nitrogens with one attached hydrogen (secondary N) is 1. The molecule has 0 heterocycles. The number of nitrogens with two attached hydrogens (primary N) is 1. The Kier molecular flexibility index (Phi) is 5.71. The highest BCUT2D eigenvalue weighted by atomic mass is 16.1. The monoisotopic (exact) mass is 244 g/mol. The average Bonchev–Trinajstić information content (AvgIpc) is 2.44. The van der Waals surface area contributed by atoms with Crippen LogP contribution in [0.15, 0.2) is 48.1 Å². The van der Waals surface area contributed by atoms with E-state index in [4.69, 9.17) is 5.73 Å².